The quantitative estimate of drug-likeness (QED) is 0.478. The smallest absolute Gasteiger partial charge is 0.341 e. The lowest BCUT2D eigenvalue weighted by molar-refractivity contribution is -0.139. The van der Waals surface area contributed by atoms with Gasteiger partial charge in [-0.05, 0) is 17.7 Å². The molecule has 2 aromatic carbocycles. The second-order valence-electron chi connectivity index (χ2n) is 5.76. The zero-order valence-corrected chi connectivity index (χ0v) is 14.8. The van der Waals surface area contributed by atoms with E-state index in [9.17, 15) is 14.4 Å². The molecule has 8 heteroatoms. The summed E-state index contributed by atoms with van der Waals surface area (Å²) in [6.07, 6.45) is 0. The van der Waals surface area contributed by atoms with Crippen LogP contribution in [0.1, 0.15) is 15.9 Å². The van der Waals surface area contributed by atoms with Gasteiger partial charge in [0.05, 0.1) is 16.5 Å². The Morgan fingerprint density at radius 2 is 1.78 bits per heavy atom. The lowest BCUT2D eigenvalue weighted by atomic mass is 10.1. The Morgan fingerprint density at radius 3 is 2.41 bits per heavy atom. The number of ether oxygens (including phenoxy) is 1. The fourth-order valence-electron chi connectivity index (χ4n) is 2.85. The maximum Gasteiger partial charge on any atom is 0.341 e. The molecule has 3 N–H and O–H groups in total. The van der Waals surface area contributed by atoms with Crippen LogP contribution in [0.25, 0.3) is 10.9 Å². The second kappa shape index (κ2) is 7.51. The number of ketones is 1. The number of amides is 1. The molecule has 3 rings (SSSR count). The van der Waals surface area contributed by atoms with Crippen LogP contribution in [0, 0.1) is 0 Å². The molecule has 0 aliphatic rings. The third-order valence-electron chi connectivity index (χ3n) is 3.97. The Hall–Kier alpha value is -3.32. The molecule has 0 radical (unpaired) electrons. The molecule has 27 heavy (non-hydrogen) atoms. The normalized spacial score (nSPS) is 10.7. The highest BCUT2D eigenvalue weighted by atomic mass is 35.5. The van der Waals surface area contributed by atoms with Crippen molar-refractivity contribution in [1.82, 2.24) is 4.57 Å². The summed E-state index contributed by atoms with van der Waals surface area (Å²) in [5.41, 5.74) is 6.52. The average Bonchev–Trinajstić information content (AvgIpc) is 2.92. The lowest BCUT2D eigenvalue weighted by Crippen LogP contribution is -2.23. The fourth-order valence-corrected chi connectivity index (χ4v) is 3.18. The summed E-state index contributed by atoms with van der Waals surface area (Å²) in [7, 11) is 0. The zero-order chi connectivity index (χ0) is 19.6. The number of carboxylic acids is 1. The number of rotatable bonds is 7. The van der Waals surface area contributed by atoms with Crippen molar-refractivity contribution in [3.05, 3.63) is 64.8 Å². The van der Waals surface area contributed by atoms with E-state index in [0.29, 0.717) is 12.1 Å². The Bertz CT molecular complexity index is 1040. The van der Waals surface area contributed by atoms with Gasteiger partial charge in [-0.15, -0.1) is 0 Å². The van der Waals surface area contributed by atoms with E-state index >= 15 is 0 Å². The van der Waals surface area contributed by atoms with Crippen LogP contribution in [-0.4, -0.2) is 33.9 Å². The summed E-state index contributed by atoms with van der Waals surface area (Å²) in [5.74, 6) is -3.18. The molecule has 0 atom stereocenters. The molecule has 1 aromatic heterocycles. The molecule has 0 spiro atoms. The molecule has 0 saturated carbocycles. The van der Waals surface area contributed by atoms with Crippen LogP contribution in [0.2, 0.25) is 5.15 Å². The van der Waals surface area contributed by atoms with Gasteiger partial charge in [-0.1, -0.05) is 48.0 Å². The molecule has 0 fully saturated rings. The van der Waals surface area contributed by atoms with Crippen LogP contribution in [0.4, 0.5) is 0 Å². The van der Waals surface area contributed by atoms with Crippen molar-refractivity contribution >= 4 is 40.2 Å². The Kier molecular flexibility index (Phi) is 5.14. The first-order valence-electron chi connectivity index (χ1n) is 7.93. The molecule has 0 aliphatic carbocycles. The highest BCUT2D eigenvalue weighted by Crippen LogP contribution is 2.37. The minimum absolute atomic E-state index is 0.0315. The molecule has 0 aliphatic heterocycles. The van der Waals surface area contributed by atoms with E-state index in [1.165, 1.54) is 6.07 Å². The number of carbonyl (C=O) groups excluding carboxylic acids is 2. The van der Waals surface area contributed by atoms with Crippen LogP contribution in [0.3, 0.4) is 0 Å². The molecule has 0 saturated heterocycles. The molecule has 7 nitrogen and oxygen atoms in total. The van der Waals surface area contributed by atoms with Gasteiger partial charge in [0.1, 0.15) is 10.9 Å². The zero-order valence-electron chi connectivity index (χ0n) is 14.0. The standard InChI is InChI=1S/C19H15ClN2O5/c20-18-16(17(25)19(21)26)15-12(7-4-8-13(15)27-10-14(23)24)22(18)9-11-5-2-1-3-6-11/h1-8H,9-10H2,(H2,21,26)(H,23,24). The van der Waals surface area contributed by atoms with Crippen LogP contribution in [-0.2, 0) is 16.1 Å². The lowest BCUT2D eigenvalue weighted by Gasteiger charge is -2.08. The van der Waals surface area contributed by atoms with Gasteiger partial charge in [0.25, 0.3) is 11.7 Å². The van der Waals surface area contributed by atoms with Gasteiger partial charge in [-0.3, -0.25) is 9.59 Å². The molecule has 138 valence electrons. The van der Waals surface area contributed by atoms with Gasteiger partial charge < -0.3 is 20.1 Å². The number of primary amides is 1. The molecular weight excluding hydrogens is 372 g/mol. The fraction of sp³-hybridized carbons (Fsp3) is 0.105. The molecule has 0 unspecified atom stereocenters. The number of aliphatic carboxylic acids is 1. The van der Waals surface area contributed by atoms with Gasteiger partial charge in [0.15, 0.2) is 6.61 Å². The number of carbonyl (C=O) groups is 3. The van der Waals surface area contributed by atoms with Crippen LogP contribution >= 0.6 is 11.6 Å². The number of nitrogens with zero attached hydrogens (tertiary/aromatic N) is 1. The van der Waals surface area contributed by atoms with Crippen molar-refractivity contribution in [3.63, 3.8) is 0 Å². The van der Waals surface area contributed by atoms with Gasteiger partial charge >= 0.3 is 5.97 Å². The van der Waals surface area contributed by atoms with Crippen molar-refractivity contribution in [1.29, 1.82) is 0 Å². The topological polar surface area (TPSA) is 112 Å². The van der Waals surface area contributed by atoms with E-state index in [1.54, 1.807) is 16.7 Å². The molecule has 1 amide bonds. The molecule has 3 aromatic rings. The van der Waals surface area contributed by atoms with E-state index in [1.807, 2.05) is 30.3 Å². The monoisotopic (exact) mass is 386 g/mol. The minimum Gasteiger partial charge on any atom is -0.481 e. The number of aromatic nitrogens is 1. The number of halogens is 1. The van der Waals surface area contributed by atoms with Crippen molar-refractivity contribution in [2.24, 2.45) is 5.73 Å². The third kappa shape index (κ3) is 3.63. The van der Waals surface area contributed by atoms with Crippen LogP contribution < -0.4 is 10.5 Å². The summed E-state index contributed by atoms with van der Waals surface area (Å²) in [6.45, 7) is -0.268. The SMILES string of the molecule is NC(=O)C(=O)c1c(Cl)n(Cc2ccccc2)c2cccc(OCC(=O)O)c12. The number of benzene rings is 2. The maximum absolute atomic E-state index is 12.4. The average molecular weight is 387 g/mol. The first kappa shape index (κ1) is 18.5. The Labute approximate surface area is 158 Å². The summed E-state index contributed by atoms with van der Waals surface area (Å²) in [6, 6.07) is 14.2. The minimum atomic E-state index is -1.18. The summed E-state index contributed by atoms with van der Waals surface area (Å²) >= 11 is 6.44. The predicted octanol–water partition coefficient (Wildman–Crippen LogP) is 2.47. The van der Waals surface area contributed by atoms with Crippen LogP contribution in [0.5, 0.6) is 5.75 Å². The number of nitrogens with two attached hydrogens (primary N) is 1. The number of carboxylic acid groups (broad SMARTS) is 1. The van der Waals surface area contributed by atoms with Gasteiger partial charge in [-0.25, -0.2) is 4.79 Å². The number of hydrogen-bond donors (Lipinski definition) is 2. The van der Waals surface area contributed by atoms with Gasteiger partial charge in [0.2, 0.25) is 0 Å². The number of fused-ring (bicyclic) bond motifs is 1. The van der Waals surface area contributed by atoms with Crippen molar-refractivity contribution in [3.8, 4) is 5.75 Å². The number of Topliss-reactive ketones (excluding diaryl/α,β-unsaturated/α-hetero) is 1. The Balaban J connectivity index is 2.23. The van der Waals surface area contributed by atoms with Crippen LogP contribution in [0.15, 0.2) is 48.5 Å². The third-order valence-corrected chi connectivity index (χ3v) is 4.37. The van der Waals surface area contributed by atoms with Gasteiger partial charge in [0, 0.05) is 6.54 Å². The first-order chi connectivity index (χ1) is 12.9. The van der Waals surface area contributed by atoms with E-state index in [2.05, 4.69) is 0 Å². The van der Waals surface area contributed by atoms with Crippen molar-refractivity contribution in [2.75, 3.05) is 6.61 Å². The van der Waals surface area contributed by atoms with Crippen molar-refractivity contribution < 1.29 is 24.2 Å². The Morgan fingerprint density at radius 1 is 1.07 bits per heavy atom. The highest BCUT2D eigenvalue weighted by molar-refractivity contribution is 6.49. The van der Waals surface area contributed by atoms with Crippen molar-refractivity contribution in [2.45, 2.75) is 6.54 Å². The first-order valence-corrected chi connectivity index (χ1v) is 8.31. The molecule has 1 heterocycles. The molecular formula is C19H15ClN2O5. The van der Waals surface area contributed by atoms with E-state index in [4.69, 9.17) is 27.2 Å². The maximum atomic E-state index is 12.4. The van der Waals surface area contributed by atoms with E-state index in [-0.39, 0.29) is 21.9 Å². The summed E-state index contributed by atoms with van der Waals surface area (Å²) in [5, 5.41) is 9.16. The highest BCUT2D eigenvalue weighted by Gasteiger charge is 2.27. The van der Waals surface area contributed by atoms with Gasteiger partial charge in [-0.2, -0.15) is 0 Å². The second-order valence-corrected chi connectivity index (χ2v) is 6.12. The van der Waals surface area contributed by atoms with E-state index in [0.717, 1.165) is 5.56 Å². The molecule has 0 bridgehead atoms. The number of hydrogen-bond acceptors (Lipinski definition) is 4. The largest absolute Gasteiger partial charge is 0.481 e. The van der Waals surface area contributed by atoms with E-state index < -0.39 is 24.3 Å². The summed E-state index contributed by atoms with van der Waals surface area (Å²) < 4.78 is 6.94. The summed E-state index contributed by atoms with van der Waals surface area (Å²) in [4.78, 5) is 34.8. The predicted molar refractivity (Wildman–Crippen MR) is 99.1 cm³/mol.